The highest BCUT2D eigenvalue weighted by molar-refractivity contribution is 5.02. The Morgan fingerprint density at radius 1 is 1.62 bits per heavy atom. The SMILES string of the molecule is C=C1OC(OC)CC(N(C)C)C1O. The average molecular weight is 187 g/mol. The van der Waals surface area contributed by atoms with E-state index >= 15 is 0 Å². The molecule has 4 nitrogen and oxygen atoms in total. The van der Waals surface area contributed by atoms with Crippen molar-refractivity contribution in [2.45, 2.75) is 24.9 Å². The molecule has 76 valence electrons. The van der Waals surface area contributed by atoms with Gasteiger partial charge < -0.3 is 19.5 Å². The summed E-state index contributed by atoms with van der Waals surface area (Å²) in [5.41, 5.74) is 0. The maximum absolute atomic E-state index is 9.70. The minimum atomic E-state index is -0.624. The van der Waals surface area contributed by atoms with Crippen LogP contribution < -0.4 is 0 Å². The Balaban J connectivity index is 2.66. The number of aliphatic hydroxyl groups excluding tert-OH is 1. The molecule has 0 spiro atoms. The van der Waals surface area contributed by atoms with E-state index in [-0.39, 0.29) is 12.3 Å². The number of ether oxygens (including phenoxy) is 2. The summed E-state index contributed by atoms with van der Waals surface area (Å²) in [6.07, 6.45) is -0.256. The Bertz CT molecular complexity index is 193. The van der Waals surface area contributed by atoms with Gasteiger partial charge in [-0.15, -0.1) is 0 Å². The van der Waals surface area contributed by atoms with Gasteiger partial charge in [0.25, 0.3) is 0 Å². The van der Waals surface area contributed by atoms with Crippen LogP contribution in [-0.4, -0.2) is 49.6 Å². The molecule has 0 aromatic carbocycles. The summed E-state index contributed by atoms with van der Waals surface area (Å²) in [5.74, 6) is 0.386. The summed E-state index contributed by atoms with van der Waals surface area (Å²) in [7, 11) is 5.42. The van der Waals surface area contributed by atoms with Gasteiger partial charge in [-0.25, -0.2) is 0 Å². The molecule has 1 fully saturated rings. The average Bonchev–Trinajstić information content (AvgIpc) is 2.09. The molecule has 0 aromatic rings. The fraction of sp³-hybridized carbons (Fsp3) is 0.778. The second-order valence-corrected chi connectivity index (χ2v) is 3.46. The second-order valence-electron chi connectivity index (χ2n) is 3.46. The van der Waals surface area contributed by atoms with Crippen LogP contribution in [0, 0.1) is 0 Å². The molecule has 0 aromatic heterocycles. The smallest absolute Gasteiger partial charge is 0.200 e. The van der Waals surface area contributed by atoms with Crippen LogP contribution in [-0.2, 0) is 9.47 Å². The summed E-state index contributed by atoms with van der Waals surface area (Å²) in [6, 6.07) is 0.0196. The number of hydrogen-bond donors (Lipinski definition) is 1. The van der Waals surface area contributed by atoms with Gasteiger partial charge in [-0.05, 0) is 14.1 Å². The lowest BCUT2D eigenvalue weighted by Gasteiger charge is -2.37. The first kappa shape index (κ1) is 10.5. The fourth-order valence-electron chi connectivity index (χ4n) is 1.46. The van der Waals surface area contributed by atoms with E-state index in [9.17, 15) is 5.11 Å². The third kappa shape index (κ3) is 2.21. The van der Waals surface area contributed by atoms with E-state index in [1.165, 1.54) is 0 Å². The van der Waals surface area contributed by atoms with E-state index in [1.54, 1.807) is 7.11 Å². The Morgan fingerprint density at radius 3 is 2.69 bits per heavy atom. The topological polar surface area (TPSA) is 41.9 Å². The van der Waals surface area contributed by atoms with Gasteiger partial charge in [-0.3, -0.25) is 0 Å². The minimum absolute atomic E-state index is 0.0196. The van der Waals surface area contributed by atoms with Crippen molar-refractivity contribution < 1.29 is 14.6 Å². The molecular formula is C9H17NO3. The van der Waals surface area contributed by atoms with Crippen LogP contribution in [0.4, 0.5) is 0 Å². The lowest BCUT2D eigenvalue weighted by atomic mass is 10.0. The second kappa shape index (κ2) is 4.09. The van der Waals surface area contributed by atoms with E-state index in [2.05, 4.69) is 6.58 Å². The third-order valence-electron chi connectivity index (χ3n) is 2.34. The molecule has 0 saturated carbocycles. The van der Waals surface area contributed by atoms with Gasteiger partial charge in [0.2, 0.25) is 6.29 Å². The minimum Gasteiger partial charge on any atom is -0.467 e. The standard InChI is InChI=1S/C9H17NO3/c1-6-9(11)7(10(2)3)5-8(12-4)13-6/h7-9,11H,1,5H2,2-4H3. The van der Waals surface area contributed by atoms with Gasteiger partial charge in [0, 0.05) is 19.6 Å². The van der Waals surface area contributed by atoms with Crippen molar-refractivity contribution in [3.8, 4) is 0 Å². The maximum Gasteiger partial charge on any atom is 0.200 e. The first-order chi connectivity index (χ1) is 6.06. The first-order valence-corrected chi connectivity index (χ1v) is 4.29. The van der Waals surface area contributed by atoms with E-state index in [1.807, 2.05) is 19.0 Å². The Kier molecular flexibility index (Phi) is 3.30. The molecule has 0 radical (unpaired) electrons. The monoisotopic (exact) mass is 187 g/mol. The molecule has 0 amide bonds. The number of nitrogens with zero attached hydrogens (tertiary/aromatic N) is 1. The third-order valence-corrected chi connectivity index (χ3v) is 2.34. The maximum atomic E-state index is 9.70. The lowest BCUT2D eigenvalue weighted by Crippen LogP contribution is -2.47. The molecule has 1 heterocycles. The van der Waals surface area contributed by atoms with Crippen molar-refractivity contribution in [1.29, 1.82) is 0 Å². The zero-order chi connectivity index (χ0) is 10.0. The molecule has 1 aliphatic heterocycles. The molecule has 1 aliphatic rings. The molecule has 1 saturated heterocycles. The number of methoxy groups -OCH3 is 1. The lowest BCUT2D eigenvalue weighted by molar-refractivity contribution is -0.157. The first-order valence-electron chi connectivity index (χ1n) is 4.29. The molecule has 1 N–H and O–H groups in total. The van der Waals surface area contributed by atoms with E-state index in [0.29, 0.717) is 12.2 Å². The van der Waals surface area contributed by atoms with Gasteiger partial charge in [0.15, 0.2) is 0 Å². The molecular weight excluding hydrogens is 170 g/mol. The molecule has 0 bridgehead atoms. The van der Waals surface area contributed by atoms with E-state index in [0.717, 1.165) is 0 Å². The van der Waals surface area contributed by atoms with Crippen LogP contribution in [0.25, 0.3) is 0 Å². The summed E-state index contributed by atoms with van der Waals surface area (Å²) in [4.78, 5) is 1.95. The van der Waals surface area contributed by atoms with Crippen LogP contribution in [0.1, 0.15) is 6.42 Å². The van der Waals surface area contributed by atoms with E-state index in [4.69, 9.17) is 9.47 Å². The normalized spacial score (nSPS) is 34.8. The van der Waals surface area contributed by atoms with Crippen molar-refractivity contribution >= 4 is 0 Å². The largest absolute Gasteiger partial charge is 0.467 e. The van der Waals surface area contributed by atoms with Crippen LogP contribution >= 0.6 is 0 Å². The molecule has 0 aliphatic carbocycles. The molecule has 3 unspecified atom stereocenters. The van der Waals surface area contributed by atoms with Gasteiger partial charge in [0.1, 0.15) is 11.9 Å². The van der Waals surface area contributed by atoms with Crippen molar-refractivity contribution in [3.05, 3.63) is 12.3 Å². The predicted octanol–water partition coefficient (Wildman–Crippen LogP) is 0.184. The van der Waals surface area contributed by atoms with Gasteiger partial charge in [-0.1, -0.05) is 6.58 Å². The summed E-state index contributed by atoms with van der Waals surface area (Å²) < 4.78 is 10.3. The van der Waals surface area contributed by atoms with Crippen molar-refractivity contribution in [1.82, 2.24) is 4.90 Å². The van der Waals surface area contributed by atoms with Crippen LogP contribution in [0.3, 0.4) is 0 Å². The van der Waals surface area contributed by atoms with Crippen LogP contribution in [0.2, 0.25) is 0 Å². The van der Waals surface area contributed by atoms with Crippen molar-refractivity contribution in [2.75, 3.05) is 21.2 Å². The number of hydrogen-bond acceptors (Lipinski definition) is 4. The quantitative estimate of drug-likeness (QED) is 0.670. The summed E-state index contributed by atoms with van der Waals surface area (Å²) in [5, 5.41) is 9.70. The Labute approximate surface area is 78.7 Å². The number of rotatable bonds is 2. The molecule has 13 heavy (non-hydrogen) atoms. The van der Waals surface area contributed by atoms with Gasteiger partial charge >= 0.3 is 0 Å². The highest BCUT2D eigenvalue weighted by Crippen LogP contribution is 2.24. The van der Waals surface area contributed by atoms with Gasteiger partial charge in [0.05, 0.1) is 0 Å². The Morgan fingerprint density at radius 2 is 2.23 bits per heavy atom. The summed E-state index contributed by atoms with van der Waals surface area (Å²) in [6.45, 7) is 3.65. The Hall–Kier alpha value is -0.580. The number of likely N-dealkylation sites (N-methyl/N-ethyl adjacent to an activating group) is 1. The van der Waals surface area contributed by atoms with Crippen molar-refractivity contribution in [3.63, 3.8) is 0 Å². The number of aliphatic hydroxyl groups is 1. The summed E-state index contributed by atoms with van der Waals surface area (Å²) >= 11 is 0. The zero-order valence-corrected chi connectivity index (χ0v) is 8.36. The van der Waals surface area contributed by atoms with Gasteiger partial charge in [-0.2, -0.15) is 0 Å². The van der Waals surface area contributed by atoms with Crippen LogP contribution in [0.15, 0.2) is 12.3 Å². The van der Waals surface area contributed by atoms with Crippen molar-refractivity contribution in [2.24, 2.45) is 0 Å². The van der Waals surface area contributed by atoms with Crippen LogP contribution in [0.5, 0.6) is 0 Å². The predicted molar refractivity (Wildman–Crippen MR) is 49.1 cm³/mol. The zero-order valence-electron chi connectivity index (χ0n) is 8.36. The highest BCUT2D eigenvalue weighted by Gasteiger charge is 2.34. The highest BCUT2D eigenvalue weighted by atomic mass is 16.7. The molecule has 3 atom stereocenters. The molecule has 1 rings (SSSR count). The molecule has 4 heteroatoms. The fourth-order valence-corrected chi connectivity index (χ4v) is 1.46. The van der Waals surface area contributed by atoms with E-state index < -0.39 is 6.10 Å².